The Morgan fingerprint density at radius 3 is 2.07 bits per heavy atom. The standard InChI is InChI=1S/C10H17NO3S/c1-6-9(3,4)11(7(2)12)10(5,15-6)8(13)14/h6H,1-5H3,(H,13,14). The summed E-state index contributed by atoms with van der Waals surface area (Å²) in [6, 6.07) is 0. The fourth-order valence-electron chi connectivity index (χ4n) is 2.13. The predicted molar refractivity (Wildman–Crippen MR) is 59.7 cm³/mol. The van der Waals surface area contributed by atoms with Gasteiger partial charge in [0.1, 0.15) is 0 Å². The lowest BCUT2D eigenvalue weighted by molar-refractivity contribution is -0.154. The van der Waals surface area contributed by atoms with Gasteiger partial charge in [0.25, 0.3) is 0 Å². The van der Waals surface area contributed by atoms with Crippen molar-refractivity contribution in [3.8, 4) is 0 Å². The molecular weight excluding hydrogens is 214 g/mol. The van der Waals surface area contributed by atoms with E-state index in [-0.39, 0.29) is 11.2 Å². The molecule has 0 aromatic heterocycles. The van der Waals surface area contributed by atoms with Gasteiger partial charge in [-0.15, -0.1) is 11.8 Å². The minimum absolute atomic E-state index is 0.0995. The summed E-state index contributed by atoms with van der Waals surface area (Å²) in [5.41, 5.74) is -0.427. The number of rotatable bonds is 1. The summed E-state index contributed by atoms with van der Waals surface area (Å²) in [6.45, 7) is 8.77. The Kier molecular flexibility index (Phi) is 2.80. The molecule has 1 fully saturated rings. The van der Waals surface area contributed by atoms with Crippen molar-refractivity contribution < 1.29 is 14.7 Å². The van der Waals surface area contributed by atoms with Crippen LogP contribution in [0.5, 0.6) is 0 Å². The molecule has 2 unspecified atom stereocenters. The lowest BCUT2D eigenvalue weighted by Crippen LogP contribution is -2.56. The summed E-state index contributed by atoms with van der Waals surface area (Å²) < 4.78 is 0. The van der Waals surface area contributed by atoms with Gasteiger partial charge >= 0.3 is 5.97 Å². The number of carboxylic acids is 1. The van der Waals surface area contributed by atoms with Crippen molar-refractivity contribution in [2.24, 2.45) is 0 Å². The Morgan fingerprint density at radius 2 is 1.80 bits per heavy atom. The van der Waals surface area contributed by atoms with Gasteiger partial charge in [0.2, 0.25) is 5.91 Å². The first-order valence-corrected chi connectivity index (χ1v) is 5.74. The van der Waals surface area contributed by atoms with Crippen LogP contribution >= 0.6 is 11.8 Å². The average molecular weight is 231 g/mol. The van der Waals surface area contributed by atoms with Gasteiger partial charge in [-0.1, -0.05) is 6.92 Å². The third kappa shape index (κ3) is 1.62. The zero-order valence-electron chi connectivity index (χ0n) is 9.70. The average Bonchev–Trinajstić information content (AvgIpc) is 2.19. The third-order valence-corrected chi connectivity index (χ3v) is 4.86. The summed E-state index contributed by atoms with van der Waals surface area (Å²) in [5, 5.41) is 9.33. The van der Waals surface area contributed by atoms with Crippen LogP contribution in [0.4, 0.5) is 0 Å². The van der Waals surface area contributed by atoms with Gasteiger partial charge in [-0.2, -0.15) is 0 Å². The normalized spacial score (nSPS) is 34.2. The van der Waals surface area contributed by atoms with E-state index in [2.05, 4.69) is 0 Å². The number of carboxylic acid groups (broad SMARTS) is 1. The van der Waals surface area contributed by atoms with Crippen molar-refractivity contribution in [3.05, 3.63) is 0 Å². The Balaban J connectivity index is 3.24. The third-order valence-electron chi connectivity index (χ3n) is 3.12. The van der Waals surface area contributed by atoms with Crippen LogP contribution in [0.3, 0.4) is 0 Å². The zero-order valence-corrected chi connectivity index (χ0v) is 10.5. The molecule has 0 aliphatic carbocycles. The van der Waals surface area contributed by atoms with Crippen molar-refractivity contribution in [1.29, 1.82) is 0 Å². The number of nitrogens with zero attached hydrogens (tertiary/aromatic N) is 1. The van der Waals surface area contributed by atoms with E-state index in [1.54, 1.807) is 6.92 Å². The molecular formula is C10H17NO3S. The maximum atomic E-state index is 11.6. The van der Waals surface area contributed by atoms with Gasteiger partial charge in [-0.25, -0.2) is 4.79 Å². The van der Waals surface area contributed by atoms with E-state index in [1.807, 2.05) is 20.8 Å². The maximum Gasteiger partial charge on any atom is 0.340 e. The molecule has 15 heavy (non-hydrogen) atoms. The van der Waals surface area contributed by atoms with Crippen molar-refractivity contribution in [3.63, 3.8) is 0 Å². The first kappa shape index (κ1) is 12.4. The monoisotopic (exact) mass is 231 g/mol. The van der Waals surface area contributed by atoms with E-state index < -0.39 is 16.4 Å². The molecule has 0 saturated carbocycles. The second kappa shape index (κ2) is 3.40. The topological polar surface area (TPSA) is 57.6 Å². The molecule has 0 radical (unpaired) electrons. The van der Waals surface area contributed by atoms with Gasteiger partial charge in [0.05, 0.1) is 5.54 Å². The number of hydrogen-bond acceptors (Lipinski definition) is 3. The molecule has 1 heterocycles. The van der Waals surface area contributed by atoms with Gasteiger partial charge in [-0.3, -0.25) is 4.79 Å². The van der Waals surface area contributed by atoms with Crippen LogP contribution in [0.25, 0.3) is 0 Å². The number of amides is 1. The van der Waals surface area contributed by atoms with Crippen LogP contribution in [-0.2, 0) is 9.59 Å². The number of thioether (sulfide) groups is 1. The molecule has 4 nitrogen and oxygen atoms in total. The maximum absolute atomic E-state index is 11.6. The molecule has 1 amide bonds. The fraction of sp³-hybridized carbons (Fsp3) is 0.800. The van der Waals surface area contributed by atoms with Crippen molar-refractivity contribution in [2.75, 3.05) is 0 Å². The molecule has 86 valence electrons. The summed E-state index contributed by atoms with van der Waals surface area (Å²) in [6.07, 6.45) is 0. The van der Waals surface area contributed by atoms with E-state index in [0.717, 1.165) is 0 Å². The molecule has 2 atom stereocenters. The lowest BCUT2D eigenvalue weighted by Gasteiger charge is -2.38. The van der Waals surface area contributed by atoms with Crippen LogP contribution in [0.1, 0.15) is 34.6 Å². The zero-order chi connectivity index (χ0) is 12.0. The van der Waals surface area contributed by atoms with Gasteiger partial charge < -0.3 is 10.0 Å². The smallest absolute Gasteiger partial charge is 0.340 e. The molecule has 1 rings (SSSR count). The first-order chi connectivity index (χ1) is 6.64. The summed E-state index contributed by atoms with van der Waals surface area (Å²) in [5.74, 6) is -1.15. The molecule has 1 N–H and O–H groups in total. The van der Waals surface area contributed by atoms with Crippen LogP contribution in [0, 0.1) is 0 Å². The minimum atomic E-state index is -1.14. The van der Waals surface area contributed by atoms with E-state index in [9.17, 15) is 14.7 Å². The van der Waals surface area contributed by atoms with E-state index in [1.165, 1.54) is 23.6 Å². The first-order valence-electron chi connectivity index (χ1n) is 4.86. The van der Waals surface area contributed by atoms with Crippen LogP contribution in [0.2, 0.25) is 0 Å². The lowest BCUT2D eigenvalue weighted by atomic mass is 9.97. The van der Waals surface area contributed by atoms with Crippen LogP contribution in [-0.4, -0.2) is 37.5 Å². The Hall–Kier alpha value is -0.710. The number of hydrogen-bond donors (Lipinski definition) is 1. The Bertz CT molecular complexity index is 316. The highest BCUT2D eigenvalue weighted by atomic mass is 32.2. The van der Waals surface area contributed by atoms with Crippen molar-refractivity contribution >= 4 is 23.6 Å². The van der Waals surface area contributed by atoms with Gasteiger partial charge in [-0.05, 0) is 20.8 Å². The number of carbonyl (C=O) groups excluding carboxylic acids is 1. The number of aliphatic carboxylic acids is 1. The van der Waals surface area contributed by atoms with Gasteiger partial charge in [0.15, 0.2) is 4.87 Å². The molecule has 5 heteroatoms. The second-order valence-electron chi connectivity index (χ2n) is 4.56. The van der Waals surface area contributed by atoms with Crippen molar-refractivity contribution in [2.45, 2.75) is 50.3 Å². The SMILES string of the molecule is CC(=O)N1C(C)(C(=O)O)SC(C)C1(C)C. The summed E-state index contributed by atoms with van der Waals surface area (Å²) >= 11 is 1.32. The van der Waals surface area contributed by atoms with Crippen LogP contribution < -0.4 is 0 Å². The molecule has 0 spiro atoms. The Morgan fingerprint density at radius 1 is 1.33 bits per heavy atom. The van der Waals surface area contributed by atoms with E-state index in [0.29, 0.717) is 0 Å². The highest BCUT2D eigenvalue weighted by Crippen LogP contribution is 2.49. The summed E-state index contributed by atoms with van der Waals surface area (Å²) in [7, 11) is 0. The molecule has 1 aliphatic heterocycles. The highest BCUT2D eigenvalue weighted by molar-refractivity contribution is 8.02. The Labute approximate surface area is 94.0 Å². The number of carbonyl (C=O) groups is 2. The fourth-order valence-corrected chi connectivity index (χ4v) is 3.78. The van der Waals surface area contributed by atoms with E-state index in [4.69, 9.17) is 0 Å². The molecule has 0 aromatic carbocycles. The molecule has 0 aromatic rings. The van der Waals surface area contributed by atoms with Crippen LogP contribution in [0.15, 0.2) is 0 Å². The van der Waals surface area contributed by atoms with E-state index >= 15 is 0 Å². The van der Waals surface area contributed by atoms with Gasteiger partial charge in [0, 0.05) is 12.2 Å². The predicted octanol–water partition coefficient (Wildman–Crippen LogP) is 1.55. The molecule has 1 aliphatic rings. The molecule has 1 saturated heterocycles. The molecule has 0 bridgehead atoms. The summed E-state index contributed by atoms with van der Waals surface area (Å²) in [4.78, 5) is 23.2. The largest absolute Gasteiger partial charge is 0.479 e. The van der Waals surface area contributed by atoms with Crippen molar-refractivity contribution in [1.82, 2.24) is 4.90 Å². The highest BCUT2D eigenvalue weighted by Gasteiger charge is 2.58. The second-order valence-corrected chi connectivity index (χ2v) is 6.29. The minimum Gasteiger partial charge on any atom is -0.479 e. The quantitative estimate of drug-likeness (QED) is 0.744.